The summed E-state index contributed by atoms with van der Waals surface area (Å²) >= 11 is -0.618. The van der Waals surface area contributed by atoms with Crippen molar-refractivity contribution in [2.45, 2.75) is 124 Å². The van der Waals surface area contributed by atoms with E-state index in [1.54, 1.807) is 37.7 Å². The van der Waals surface area contributed by atoms with Gasteiger partial charge in [-0.15, -0.1) is 0 Å². The van der Waals surface area contributed by atoms with E-state index in [1.807, 2.05) is 0 Å². The average molecular weight is 1070 g/mol. The maximum Gasteiger partial charge on any atom is 0.248 e. The molecular weight excluding hydrogens is 995 g/mol. The quantitative estimate of drug-likeness (QED) is 0.0623. The molecule has 3 aliphatic rings. The molecule has 4 heterocycles. The summed E-state index contributed by atoms with van der Waals surface area (Å²) in [6.07, 6.45) is -2.04. The summed E-state index contributed by atoms with van der Waals surface area (Å²) in [6, 6.07) is -5.62. The van der Waals surface area contributed by atoms with Gasteiger partial charge in [0.15, 0.2) is 6.04 Å². The number of H-pyrrole nitrogens is 1. The highest BCUT2D eigenvalue weighted by molar-refractivity contribution is 7.99. The summed E-state index contributed by atoms with van der Waals surface area (Å²) in [6.45, 7) is 3.37. The first-order chi connectivity index (χ1) is 34.7. The van der Waals surface area contributed by atoms with Crippen LogP contribution in [0.3, 0.4) is 0 Å². The lowest BCUT2D eigenvalue weighted by Gasteiger charge is -2.32. The molecule has 73 heavy (non-hydrogen) atoms. The van der Waals surface area contributed by atoms with Crippen LogP contribution in [0.4, 0.5) is 0 Å². The Kier molecular flexibility index (Phi) is 21.9. The normalized spacial score (nSPS) is 25.3. The van der Waals surface area contributed by atoms with Crippen LogP contribution in [0.2, 0.25) is 0 Å². The number of methoxy groups -OCH3 is 1. The minimum Gasteiger partial charge on any atom is -0.610 e. The molecule has 8 amide bonds. The maximum atomic E-state index is 15.1. The Morgan fingerprint density at radius 2 is 1.74 bits per heavy atom. The molecular formula is C46H71N11O14S2. The number of amides is 8. The van der Waals surface area contributed by atoms with Crippen molar-refractivity contribution in [3.8, 4) is 5.75 Å². The van der Waals surface area contributed by atoms with Gasteiger partial charge in [-0.1, -0.05) is 27.2 Å². The minimum atomic E-state index is -2.32. The first kappa shape index (κ1) is 58.6. The molecule has 0 radical (unpaired) electrons. The zero-order valence-corrected chi connectivity index (χ0v) is 43.0. The second kappa shape index (κ2) is 27.3. The Balaban J connectivity index is 1.64. The molecule has 3 aliphatic heterocycles. The lowest BCUT2D eigenvalue weighted by atomic mass is 9.94. The number of hydrogen-bond donors (Lipinski definition) is 14. The van der Waals surface area contributed by atoms with Gasteiger partial charge in [0.05, 0.1) is 63.6 Å². The Labute approximate surface area is 429 Å². The van der Waals surface area contributed by atoms with Crippen LogP contribution >= 0.6 is 11.8 Å². The highest BCUT2D eigenvalue weighted by Crippen LogP contribution is 2.38. The van der Waals surface area contributed by atoms with Gasteiger partial charge < -0.3 is 88.3 Å². The highest BCUT2D eigenvalue weighted by atomic mass is 32.2. The van der Waals surface area contributed by atoms with Crippen LogP contribution in [0.5, 0.6) is 5.75 Å². The van der Waals surface area contributed by atoms with Crippen LogP contribution in [0, 0.1) is 11.8 Å². The lowest BCUT2D eigenvalue weighted by Crippen LogP contribution is -2.61. The predicted molar refractivity (Wildman–Crippen MR) is 267 cm³/mol. The van der Waals surface area contributed by atoms with Crippen LogP contribution < -0.4 is 53.4 Å². The fourth-order valence-corrected chi connectivity index (χ4v) is 11.7. The number of nitrogens with one attached hydrogen (secondary N) is 8. The van der Waals surface area contributed by atoms with E-state index in [2.05, 4.69) is 42.2 Å². The molecule has 1 aromatic heterocycles. The van der Waals surface area contributed by atoms with Gasteiger partial charge >= 0.3 is 0 Å². The summed E-state index contributed by atoms with van der Waals surface area (Å²) in [5.74, 6) is -8.92. The third kappa shape index (κ3) is 15.2. The molecule has 16 N–H and O–H groups in total. The van der Waals surface area contributed by atoms with Gasteiger partial charge in [0.1, 0.15) is 35.7 Å². The molecule has 0 bridgehead atoms. The zero-order chi connectivity index (χ0) is 53.7. The first-order valence-electron chi connectivity index (χ1n) is 24.3. The number of benzene rings is 1. The van der Waals surface area contributed by atoms with E-state index >= 15 is 4.55 Å². The molecule has 406 valence electrons. The third-order valence-electron chi connectivity index (χ3n) is 13.5. The van der Waals surface area contributed by atoms with Gasteiger partial charge in [0.25, 0.3) is 0 Å². The molecule has 1 aromatic carbocycles. The smallest absolute Gasteiger partial charge is 0.248 e. The summed E-state index contributed by atoms with van der Waals surface area (Å²) in [7, 11) is 1.50. The number of carbonyl (C=O) groups excluding carboxylic acids is 8. The minimum absolute atomic E-state index is 0.00478. The van der Waals surface area contributed by atoms with Crippen LogP contribution in [0.25, 0.3) is 10.9 Å². The molecule has 5 rings (SSSR count). The molecule has 0 spiro atoms. The van der Waals surface area contributed by atoms with Crippen molar-refractivity contribution >= 4 is 81.1 Å². The number of carbonyl (C=O) groups is 8. The monoisotopic (exact) mass is 1070 g/mol. The molecule has 2 aromatic rings. The summed E-state index contributed by atoms with van der Waals surface area (Å²) in [5.41, 5.74) is 12.5. The van der Waals surface area contributed by atoms with Crippen LogP contribution in [0.1, 0.15) is 64.0 Å². The number of rotatable bonds is 18. The van der Waals surface area contributed by atoms with Gasteiger partial charge in [0, 0.05) is 64.0 Å². The van der Waals surface area contributed by atoms with Crippen molar-refractivity contribution < 1.29 is 68.1 Å². The molecule has 11 atom stereocenters. The van der Waals surface area contributed by atoms with E-state index in [-0.39, 0.29) is 17.9 Å². The standard InChI is InChI=1S/C46H71N11O14S2/c1-5-22(2)38(54-36(63)15-47)43(67)50-16-37(64)52-31-21-73(70)45-28(27-6-7-34(71-4)29(40(27)56-45)20-72-26-8-10-49-11-9-26)12-24(18-58)51-44(68)39(23(3)33(61)19-59)55-42(66)32-13-25(60)17-57(32)46(69)30(14-35(48)62)53-41(31)65/h6-7,22-26,30-33,38-39,49,56,58-61H,5,8-21,47H2,1-4H3,(H2,48,62)(H,50,67)(H,51,68)(H,52,64)(H,53,65)(H,54,63)(H,55,66)/t22-,23-,24-,25+,30-,31-,32-,33-,38-,39-,73?/m0/s1. The molecule has 2 saturated heterocycles. The Morgan fingerprint density at radius 3 is 2.37 bits per heavy atom. The highest BCUT2D eigenvalue weighted by Gasteiger charge is 2.45. The fourth-order valence-electron chi connectivity index (χ4n) is 9.06. The van der Waals surface area contributed by atoms with Crippen LogP contribution in [0.15, 0.2) is 17.2 Å². The topological polar surface area (TPSA) is 405 Å². The number of nitrogens with two attached hydrogens (primary N) is 2. The largest absolute Gasteiger partial charge is 0.610 e. The summed E-state index contributed by atoms with van der Waals surface area (Å²) < 4.78 is 20.9. The summed E-state index contributed by atoms with van der Waals surface area (Å²) in [4.78, 5) is 113. The Hall–Kier alpha value is -5.26. The van der Waals surface area contributed by atoms with Crippen molar-refractivity contribution in [2.24, 2.45) is 23.3 Å². The molecule has 1 unspecified atom stereocenters. The van der Waals surface area contributed by atoms with E-state index < -0.39 is 164 Å². The SMILES string of the molecule is CC[C@H](C)[C@H](NC(=O)CN)C(=O)NCC(=O)N[C@H]1C[S+]([O-])c2[nH]c3c(CSC4CCNCC4)c(OC)ccc3c2C[C@@H](CO)NC(=O)[C@H]([C@@H](C)[C@@H](O)CO)NC(=O)[C@@H]2C[C@@H](O)CN2C(=O)[C@H](CC(N)=O)NC1=O. The van der Waals surface area contributed by atoms with Gasteiger partial charge in [-0.3, -0.25) is 38.4 Å². The van der Waals surface area contributed by atoms with E-state index in [9.17, 15) is 58.8 Å². The van der Waals surface area contributed by atoms with E-state index in [0.29, 0.717) is 45.2 Å². The number of aliphatic hydroxyl groups is 4. The van der Waals surface area contributed by atoms with Gasteiger partial charge in [-0.25, -0.2) is 0 Å². The number of aromatic nitrogens is 1. The van der Waals surface area contributed by atoms with Crippen LogP contribution in [-0.2, 0) is 61.7 Å². The number of hydrogen-bond acceptors (Lipinski definition) is 17. The van der Waals surface area contributed by atoms with E-state index in [1.165, 1.54) is 14.0 Å². The average Bonchev–Trinajstić information content (AvgIpc) is 3.96. The molecule has 27 heteroatoms. The van der Waals surface area contributed by atoms with Crippen molar-refractivity contribution in [3.63, 3.8) is 0 Å². The van der Waals surface area contributed by atoms with Crippen LogP contribution in [-0.4, -0.2) is 195 Å². The third-order valence-corrected chi connectivity index (χ3v) is 16.3. The van der Waals surface area contributed by atoms with Gasteiger partial charge in [-0.2, -0.15) is 11.8 Å². The number of aliphatic hydroxyl groups excluding tert-OH is 4. The molecule has 25 nitrogen and oxygen atoms in total. The van der Waals surface area contributed by atoms with E-state index in [4.69, 9.17) is 16.2 Å². The molecule has 0 aliphatic carbocycles. The number of piperidine rings is 1. The number of nitrogens with zero attached hydrogens (tertiary/aromatic N) is 1. The molecule has 0 saturated carbocycles. The Morgan fingerprint density at radius 1 is 1.03 bits per heavy atom. The number of fused-ring (bicyclic) bond motifs is 4. The second-order valence-electron chi connectivity index (χ2n) is 18.7. The van der Waals surface area contributed by atoms with Crippen molar-refractivity contribution in [1.29, 1.82) is 0 Å². The fraction of sp³-hybridized carbons (Fsp3) is 0.652. The first-order valence-corrected chi connectivity index (χ1v) is 26.7. The molecule has 2 fully saturated rings. The number of ether oxygens (including phenoxy) is 1. The van der Waals surface area contributed by atoms with Gasteiger partial charge in [0.2, 0.25) is 52.3 Å². The lowest BCUT2D eigenvalue weighted by molar-refractivity contribution is -0.144. The number of thioether (sulfide) groups is 1. The van der Waals surface area contributed by atoms with Crippen molar-refractivity contribution in [3.05, 3.63) is 23.3 Å². The zero-order valence-electron chi connectivity index (χ0n) is 41.4. The predicted octanol–water partition coefficient (Wildman–Crippen LogP) is -4.81. The number of primary amides is 1. The Bertz CT molecular complexity index is 2300. The second-order valence-corrected chi connectivity index (χ2v) is 21.4. The van der Waals surface area contributed by atoms with E-state index in [0.717, 1.165) is 30.8 Å². The van der Waals surface area contributed by atoms with Gasteiger partial charge in [-0.05, 0) is 44.0 Å². The van der Waals surface area contributed by atoms with Crippen molar-refractivity contribution in [2.75, 3.05) is 58.8 Å². The number of aromatic amines is 1. The van der Waals surface area contributed by atoms with Crippen molar-refractivity contribution in [1.82, 2.24) is 47.1 Å². The maximum absolute atomic E-state index is 15.1. The summed E-state index contributed by atoms with van der Waals surface area (Å²) in [5, 5.41) is 61.5.